The van der Waals surface area contributed by atoms with Crippen molar-refractivity contribution in [1.82, 2.24) is 0 Å². The number of anilines is 1. The largest absolute Gasteiger partial charge is 0.322 e. The van der Waals surface area contributed by atoms with Crippen LogP contribution in [0.1, 0.15) is 5.56 Å². The van der Waals surface area contributed by atoms with Gasteiger partial charge in [0.05, 0.1) is 5.33 Å². The van der Waals surface area contributed by atoms with Crippen LogP contribution in [0, 0.1) is 6.92 Å². The van der Waals surface area contributed by atoms with Crippen molar-refractivity contribution < 1.29 is 9.18 Å². The van der Waals surface area contributed by atoms with E-state index in [0.717, 1.165) is 5.56 Å². The number of para-hydroxylation sites is 1. The SMILES string of the molecule is Cc1ccccc1NC(=O)[C@@](F)(Br)CBr. The summed E-state index contributed by atoms with van der Waals surface area (Å²) in [5.41, 5.74) is 1.51. The highest BCUT2D eigenvalue weighted by atomic mass is 79.9. The molecule has 0 aliphatic rings. The number of alkyl halides is 3. The number of hydrogen-bond acceptors (Lipinski definition) is 1. The Morgan fingerprint density at radius 1 is 1.53 bits per heavy atom. The number of nitrogens with one attached hydrogen (secondary N) is 1. The molecule has 0 aromatic heterocycles. The van der Waals surface area contributed by atoms with Crippen LogP contribution in [0.25, 0.3) is 0 Å². The molecule has 0 aliphatic heterocycles. The number of hydrogen-bond donors (Lipinski definition) is 1. The van der Waals surface area contributed by atoms with E-state index in [1.165, 1.54) is 0 Å². The maximum atomic E-state index is 13.5. The summed E-state index contributed by atoms with van der Waals surface area (Å²) >= 11 is 5.62. The molecule has 0 bridgehead atoms. The third kappa shape index (κ3) is 3.28. The van der Waals surface area contributed by atoms with Crippen LogP contribution >= 0.6 is 31.9 Å². The summed E-state index contributed by atoms with van der Waals surface area (Å²) in [6.07, 6.45) is 0. The molecule has 1 amide bonds. The van der Waals surface area contributed by atoms with Gasteiger partial charge < -0.3 is 5.32 Å². The molecule has 2 nitrogen and oxygen atoms in total. The smallest absolute Gasteiger partial charge is 0.274 e. The lowest BCUT2D eigenvalue weighted by Crippen LogP contribution is -2.34. The quantitative estimate of drug-likeness (QED) is 0.841. The minimum atomic E-state index is -2.07. The molecule has 1 atom stereocenters. The van der Waals surface area contributed by atoms with Crippen molar-refractivity contribution in [1.29, 1.82) is 0 Å². The normalized spacial score (nSPS) is 14.4. The van der Waals surface area contributed by atoms with E-state index < -0.39 is 10.5 Å². The molecule has 0 radical (unpaired) electrons. The molecule has 1 aromatic carbocycles. The Morgan fingerprint density at radius 3 is 2.67 bits per heavy atom. The lowest BCUT2D eigenvalue weighted by Gasteiger charge is -2.15. The second-order valence-electron chi connectivity index (χ2n) is 3.11. The van der Waals surface area contributed by atoms with E-state index in [0.29, 0.717) is 5.69 Å². The Labute approximate surface area is 105 Å². The van der Waals surface area contributed by atoms with E-state index in [4.69, 9.17) is 0 Å². The highest BCUT2D eigenvalue weighted by Gasteiger charge is 2.34. The van der Waals surface area contributed by atoms with E-state index in [-0.39, 0.29) is 5.33 Å². The van der Waals surface area contributed by atoms with Crippen LogP contribution in [0.15, 0.2) is 24.3 Å². The van der Waals surface area contributed by atoms with Crippen LogP contribution in [0.5, 0.6) is 0 Å². The van der Waals surface area contributed by atoms with Gasteiger partial charge in [-0.2, -0.15) is 0 Å². The minimum absolute atomic E-state index is 0.0995. The van der Waals surface area contributed by atoms with Crippen molar-refractivity contribution in [3.8, 4) is 0 Å². The van der Waals surface area contributed by atoms with Crippen molar-refractivity contribution in [3.05, 3.63) is 29.8 Å². The molecule has 82 valence electrons. The molecule has 0 fully saturated rings. The predicted octanol–water partition coefficient (Wildman–Crippen LogP) is 3.39. The van der Waals surface area contributed by atoms with Gasteiger partial charge in [-0.1, -0.05) is 34.1 Å². The van der Waals surface area contributed by atoms with E-state index >= 15 is 0 Å². The van der Waals surface area contributed by atoms with Crippen molar-refractivity contribution in [3.63, 3.8) is 0 Å². The number of amides is 1. The fourth-order valence-electron chi connectivity index (χ4n) is 0.988. The van der Waals surface area contributed by atoms with Crippen LogP contribution in [0.3, 0.4) is 0 Å². The van der Waals surface area contributed by atoms with Crippen LogP contribution in [0.4, 0.5) is 10.1 Å². The summed E-state index contributed by atoms with van der Waals surface area (Å²) in [5.74, 6) is -0.714. The maximum absolute atomic E-state index is 13.5. The highest BCUT2D eigenvalue weighted by molar-refractivity contribution is 9.12. The van der Waals surface area contributed by atoms with Gasteiger partial charge in [0.1, 0.15) is 0 Å². The van der Waals surface area contributed by atoms with E-state index in [1.807, 2.05) is 19.1 Å². The molecule has 1 rings (SSSR count). The van der Waals surface area contributed by atoms with Gasteiger partial charge in [-0.3, -0.25) is 4.79 Å². The Balaban J connectivity index is 2.80. The van der Waals surface area contributed by atoms with Crippen LogP contribution < -0.4 is 5.32 Å². The lowest BCUT2D eigenvalue weighted by molar-refractivity contribution is -0.121. The number of carbonyl (C=O) groups is 1. The third-order valence-electron chi connectivity index (χ3n) is 1.89. The summed E-state index contributed by atoms with van der Waals surface area (Å²) in [7, 11) is 0. The topological polar surface area (TPSA) is 29.1 Å². The van der Waals surface area contributed by atoms with Crippen molar-refractivity contribution in [2.75, 3.05) is 10.6 Å². The van der Waals surface area contributed by atoms with Gasteiger partial charge in [0.2, 0.25) is 0 Å². The molecule has 0 spiro atoms. The number of rotatable bonds is 3. The number of aryl methyl sites for hydroxylation is 1. The molecule has 15 heavy (non-hydrogen) atoms. The molecule has 5 heteroatoms. The van der Waals surface area contributed by atoms with Gasteiger partial charge in [0.15, 0.2) is 0 Å². The first kappa shape index (κ1) is 12.6. The summed E-state index contributed by atoms with van der Waals surface area (Å²) in [5, 5.41) is 2.41. The van der Waals surface area contributed by atoms with E-state index in [1.54, 1.807) is 12.1 Å². The zero-order valence-electron chi connectivity index (χ0n) is 8.06. The fraction of sp³-hybridized carbons (Fsp3) is 0.300. The second-order valence-corrected chi connectivity index (χ2v) is 4.92. The zero-order chi connectivity index (χ0) is 11.5. The second kappa shape index (κ2) is 5.07. The highest BCUT2D eigenvalue weighted by Crippen LogP contribution is 2.25. The van der Waals surface area contributed by atoms with Gasteiger partial charge in [-0.25, -0.2) is 4.39 Å². The molecule has 0 heterocycles. The molecule has 1 N–H and O–H groups in total. The molecule has 0 saturated heterocycles. The number of benzene rings is 1. The molecule has 0 aliphatic carbocycles. The molecular formula is C10H10Br2FNO. The first-order chi connectivity index (χ1) is 6.97. The summed E-state index contributed by atoms with van der Waals surface area (Å²) < 4.78 is 11.4. The molecule has 0 saturated carbocycles. The Hall–Kier alpha value is -0.420. The predicted molar refractivity (Wildman–Crippen MR) is 66.4 cm³/mol. The van der Waals surface area contributed by atoms with Gasteiger partial charge in [-0.05, 0) is 34.5 Å². The van der Waals surface area contributed by atoms with Gasteiger partial charge in [-0.15, -0.1) is 0 Å². The standard InChI is InChI=1S/C10H10Br2FNO/c1-7-4-2-3-5-8(7)14-9(15)10(12,13)6-11/h2-5H,6H2,1H3,(H,14,15)/t10-/m1/s1. The average molecular weight is 339 g/mol. The van der Waals surface area contributed by atoms with Crippen molar-refractivity contribution >= 4 is 43.5 Å². The molecular weight excluding hydrogens is 329 g/mol. The van der Waals surface area contributed by atoms with E-state index in [9.17, 15) is 9.18 Å². The maximum Gasteiger partial charge on any atom is 0.274 e. The Kier molecular flexibility index (Phi) is 4.28. The average Bonchev–Trinajstić information content (AvgIpc) is 2.21. The van der Waals surface area contributed by atoms with Crippen LogP contribution in [-0.2, 0) is 4.79 Å². The van der Waals surface area contributed by atoms with Crippen LogP contribution in [-0.4, -0.2) is 15.8 Å². The molecule has 1 aromatic rings. The fourth-order valence-corrected chi connectivity index (χ4v) is 1.34. The van der Waals surface area contributed by atoms with Gasteiger partial charge >= 0.3 is 0 Å². The summed E-state index contributed by atoms with van der Waals surface area (Å²) in [6, 6.07) is 7.21. The monoisotopic (exact) mass is 337 g/mol. The lowest BCUT2D eigenvalue weighted by atomic mass is 10.2. The molecule has 0 unspecified atom stereocenters. The van der Waals surface area contributed by atoms with Crippen molar-refractivity contribution in [2.45, 2.75) is 11.5 Å². The van der Waals surface area contributed by atoms with E-state index in [2.05, 4.69) is 37.2 Å². The summed E-state index contributed by atoms with van der Waals surface area (Å²) in [6.45, 7) is 1.85. The van der Waals surface area contributed by atoms with Gasteiger partial charge in [0, 0.05) is 5.69 Å². The number of carbonyl (C=O) groups excluding carboxylic acids is 1. The summed E-state index contributed by atoms with van der Waals surface area (Å²) in [4.78, 5) is 11.5. The van der Waals surface area contributed by atoms with Gasteiger partial charge in [0.25, 0.3) is 10.5 Å². The van der Waals surface area contributed by atoms with Crippen molar-refractivity contribution in [2.24, 2.45) is 0 Å². The minimum Gasteiger partial charge on any atom is -0.322 e. The zero-order valence-corrected chi connectivity index (χ0v) is 11.2. The Bertz CT molecular complexity index is 368. The first-order valence-corrected chi connectivity index (χ1v) is 6.19. The number of halogens is 3. The third-order valence-corrected chi connectivity index (χ3v) is 4.06. The Morgan fingerprint density at radius 2 is 2.13 bits per heavy atom. The van der Waals surface area contributed by atoms with Crippen LogP contribution in [0.2, 0.25) is 0 Å². The first-order valence-electron chi connectivity index (χ1n) is 4.28.